The maximum absolute atomic E-state index is 12.1. The fraction of sp³-hybridized carbons (Fsp3) is 0.417. The number of halogens is 3. The molecule has 1 N–H and O–H groups in total. The molecule has 2 aromatic carbocycles. The van der Waals surface area contributed by atoms with E-state index in [0.717, 1.165) is 33.9 Å². The number of fused-ring (bicyclic) bond motifs is 1. The topological polar surface area (TPSA) is 53.9 Å². The van der Waals surface area contributed by atoms with Gasteiger partial charge in [0.15, 0.2) is 6.61 Å². The van der Waals surface area contributed by atoms with Gasteiger partial charge in [0.25, 0.3) is 5.91 Å². The SMILES string of the molecule is CCCN1c2cc(Cl)c(/C=N/NC(=O)COc3ccc(Br)cc3Br)cc2C(C)CC1(C)C. The highest BCUT2D eigenvalue weighted by Crippen LogP contribution is 2.45. The third-order valence-corrected chi connectivity index (χ3v) is 7.04. The van der Waals surface area contributed by atoms with Crippen molar-refractivity contribution in [3.05, 3.63) is 55.4 Å². The van der Waals surface area contributed by atoms with Crippen LogP contribution in [0.1, 0.15) is 57.6 Å². The molecule has 0 aromatic heterocycles. The van der Waals surface area contributed by atoms with Crippen molar-refractivity contribution in [1.29, 1.82) is 0 Å². The quantitative estimate of drug-likeness (QED) is 0.284. The Bertz CT molecular complexity index is 1030. The molecule has 8 heteroatoms. The van der Waals surface area contributed by atoms with Crippen LogP contribution in [0.2, 0.25) is 5.02 Å². The summed E-state index contributed by atoms with van der Waals surface area (Å²) >= 11 is 13.4. The van der Waals surface area contributed by atoms with Gasteiger partial charge in [0.05, 0.1) is 15.7 Å². The molecule has 172 valence electrons. The van der Waals surface area contributed by atoms with Crippen LogP contribution in [0.25, 0.3) is 0 Å². The molecule has 0 radical (unpaired) electrons. The summed E-state index contributed by atoms with van der Waals surface area (Å²) in [5.41, 5.74) is 5.82. The normalized spacial score (nSPS) is 17.3. The molecule has 1 aliphatic heterocycles. The number of ether oxygens (including phenoxy) is 1. The van der Waals surface area contributed by atoms with Crippen LogP contribution in [0.4, 0.5) is 5.69 Å². The molecule has 1 heterocycles. The Morgan fingerprint density at radius 1 is 1.34 bits per heavy atom. The van der Waals surface area contributed by atoms with Crippen LogP contribution < -0.4 is 15.1 Å². The molecule has 0 bridgehead atoms. The Labute approximate surface area is 211 Å². The van der Waals surface area contributed by atoms with Gasteiger partial charge in [-0.3, -0.25) is 4.79 Å². The minimum absolute atomic E-state index is 0.0825. The lowest BCUT2D eigenvalue weighted by Gasteiger charge is -2.47. The van der Waals surface area contributed by atoms with Gasteiger partial charge >= 0.3 is 0 Å². The Hall–Kier alpha value is -1.57. The molecule has 0 saturated heterocycles. The Balaban J connectivity index is 1.68. The molecule has 1 aliphatic rings. The lowest BCUT2D eigenvalue weighted by Crippen LogP contribution is -2.48. The molecular weight excluding hydrogens is 558 g/mol. The van der Waals surface area contributed by atoms with E-state index in [0.29, 0.717) is 16.7 Å². The van der Waals surface area contributed by atoms with E-state index >= 15 is 0 Å². The van der Waals surface area contributed by atoms with Gasteiger partial charge in [-0.05, 0) is 84.4 Å². The van der Waals surface area contributed by atoms with Crippen molar-refractivity contribution < 1.29 is 9.53 Å². The lowest BCUT2D eigenvalue weighted by molar-refractivity contribution is -0.123. The maximum Gasteiger partial charge on any atom is 0.277 e. The van der Waals surface area contributed by atoms with Crippen molar-refractivity contribution in [1.82, 2.24) is 5.43 Å². The summed E-state index contributed by atoms with van der Waals surface area (Å²) in [5, 5.41) is 4.70. The number of benzene rings is 2. The van der Waals surface area contributed by atoms with Gasteiger partial charge in [0.1, 0.15) is 5.75 Å². The molecule has 32 heavy (non-hydrogen) atoms. The first-order chi connectivity index (χ1) is 15.1. The molecule has 0 fully saturated rings. The van der Waals surface area contributed by atoms with Crippen LogP contribution in [0, 0.1) is 0 Å². The number of amides is 1. The first-order valence-electron chi connectivity index (χ1n) is 10.6. The minimum Gasteiger partial charge on any atom is -0.483 e. The Kier molecular flexibility index (Phi) is 8.28. The predicted molar refractivity (Wildman–Crippen MR) is 139 cm³/mol. The number of nitrogens with zero attached hydrogens (tertiary/aromatic N) is 2. The zero-order chi connectivity index (χ0) is 23.5. The number of hydrogen-bond acceptors (Lipinski definition) is 4. The second kappa shape index (κ2) is 10.6. The third-order valence-electron chi connectivity index (χ3n) is 5.60. The maximum atomic E-state index is 12.1. The monoisotopic (exact) mass is 583 g/mol. The van der Waals surface area contributed by atoms with Crippen LogP contribution >= 0.6 is 43.5 Å². The Morgan fingerprint density at radius 2 is 2.09 bits per heavy atom. The average molecular weight is 586 g/mol. The highest BCUT2D eigenvalue weighted by atomic mass is 79.9. The van der Waals surface area contributed by atoms with E-state index < -0.39 is 0 Å². The van der Waals surface area contributed by atoms with Crippen molar-refractivity contribution in [2.75, 3.05) is 18.1 Å². The van der Waals surface area contributed by atoms with E-state index in [4.69, 9.17) is 16.3 Å². The van der Waals surface area contributed by atoms with E-state index in [2.05, 4.69) is 81.0 Å². The molecule has 0 saturated carbocycles. The van der Waals surface area contributed by atoms with Gasteiger partial charge in [0, 0.05) is 27.8 Å². The van der Waals surface area contributed by atoms with Crippen molar-refractivity contribution in [2.45, 2.75) is 52.0 Å². The van der Waals surface area contributed by atoms with Crippen molar-refractivity contribution in [2.24, 2.45) is 5.10 Å². The fourth-order valence-electron chi connectivity index (χ4n) is 4.21. The molecule has 1 amide bonds. The van der Waals surface area contributed by atoms with E-state index in [1.807, 2.05) is 18.2 Å². The molecule has 3 rings (SSSR count). The first kappa shape index (κ1) is 25.1. The fourth-order valence-corrected chi connectivity index (χ4v) is 5.58. The van der Waals surface area contributed by atoms with E-state index in [9.17, 15) is 4.79 Å². The van der Waals surface area contributed by atoms with Crippen molar-refractivity contribution in [3.63, 3.8) is 0 Å². The Morgan fingerprint density at radius 3 is 2.78 bits per heavy atom. The zero-order valence-electron chi connectivity index (χ0n) is 18.7. The number of nitrogens with one attached hydrogen (secondary N) is 1. The zero-order valence-corrected chi connectivity index (χ0v) is 22.6. The minimum atomic E-state index is -0.352. The number of carbonyl (C=O) groups excluding carboxylic acids is 1. The van der Waals surface area contributed by atoms with Crippen LogP contribution in [-0.2, 0) is 4.79 Å². The summed E-state index contributed by atoms with van der Waals surface area (Å²) in [6.07, 6.45) is 3.73. The lowest BCUT2D eigenvalue weighted by atomic mass is 9.79. The number of hydrazone groups is 1. The molecule has 0 spiro atoms. The molecular formula is C24H28Br2ClN3O2. The number of carbonyl (C=O) groups is 1. The van der Waals surface area contributed by atoms with Gasteiger partial charge < -0.3 is 9.64 Å². The smallest absolute Gasteiger partial charge is 0.277 e. The highest BCUT2D eigenvalue weighted by Gasteiger charge is 2.36. The molecule has 1 atom stereocenters. The van der Waals surface area contributed by atoms with Gasteiger partial charge in [-0.15, -0.1) is 0 Å². The molecule has 1 unspecified atom stereocenters. The van der Waals surface area contributed by atoms with Crippen molar-refractivity contribution in [3.8, 4) is 5.75 Å². The van der Waals surface area contributed by atoms with Gasteiger partial charge in [-0.1, -0.05) is 41.4 Å². The first-order valence-corrected chi connectivity index (χ1v) is 12.6. The van der Waals surface area contributed by atoms with Crippen LogP contribution in [0.3, 0.4) is 0 Å². The van der Waals surface area contributed by atoms with Gasteiger partial charge in [-0.2, -0.15) is 5.10 Å². The summed E-state index contributed by atoms with van der Waals surface area (Å²) in [7, 11) is 0. The van der Waals surface area contributed by atoms with Gasteiger partial charge in [0.2, 0.25) is 0 Å². The summed E-state index contributed by atoms with van der Waals surface area (Å²) in [6.45, 7) is 9.86. The van der Waals surface area contributed by atoms with Crippen LogP contribution in [-0.4, -0.2) is 30.8 Å². The standard InChI is InChI=1S/C24H28Br2ClN3O2/c1-5-8-30-21-11-20(27)16(9-18(21)15(2)12-24(30,3)4)13-28-29-23(31)14-32-22-7-6-17(25)10-19(22)26/h6-7,9-11,13,15H,5,8,12,14H2,1-4H3,(H,29,31)/b28-13+. The van der Waals surface area contributed by atoms with E-state index in [1.54, 1.807) is 12.3 Å². The molecule has 5 nitrogen and oxygen atoms in total. The van der Waals surface area contributed by atoms with Gasteiger partial charge in [-0.25, -0.2) is 5.43 Å². The van der Waals surface area contributed by atoms with Crippen LogP contribution in [0.5, 0.6) is 5.75 Å². The third kappa shape index (κ3) is 5.86. The van der Waals surface area contributed by atoms with E-state index in [1.165, 1.54) is 11.3 Å². The predicted octanol–water partition coefficient (Wildman–Crippen LogP) is 6.90. The average Bonchev–Trinajstić information content (AvgIpc) is 2.71. The molecule has 0 aliphatic carbocycles. The number of hydrogen-bond donors (Lipinski definition) is 1. The second-order valence-electron chi connectivity index (χ2n) is 8.66. The summed E-state index contributed by atoms with van der Waals surface area (Å²) in [5.74, 6) is 0.637. The number of rotatable bonds is 7. The highest BCUT2D eigenvalue weighted by molar-refractivity contribution is 9.11. The molecule has 2 aromatic rings. The van der Waals surface area contributed by atoms with Crippen LogP contribution in [0.15, 0.2) is 44.4 Å². The largest absolute Gasteiger partial charge is 0.483 e. The van der Waals surface area contributed by atoms with E-state index in [-0.39, 0.29) is 18.1 Å². The summed E-state index contributed by atoms with van der Waals surface area (Å²) < 4.78 is 7.22. The summed E-state index contributed by atoms with van der Waals surface area (Å²) in [6, 6.07) is 9.60. The van der Waals surface area contributed by atoms with Crippen molar-refractivity contribution >= 4 is 61.3 Å². The number of anilines is 1. The second-order valence-corrected chi connectivity index (χ2v) is 10.8. The summed E-state index contributed by atoms with van der Waals surface area (Å²) in [4.78, 5) is 14.6.